The highest BCUT2D eigenvalue weighted by atomic mass is 35.5. The Kier molecular flexibility index (Phi) is 9.12. The largest absolute Gasteiger partial charge is 0.486 e. The topological polar surface area (TPSA) is 111 Å². The molecule has 0 fully saturated rings. The number of halogens is 4. The number of alkyl halides is 3. The van der Waals surface area contributed by atoms with E-state index < -0.39 is 33.8 Å². The van der Waals surface area contributed by atoms with Crippen LogP contribution in [0.2, 0.25) is 5.02 Å². The maximum absolute atomic E-state index is 14.1. The average Bonchev–Trinajstić information content (AvgIpc) is 3.35. The van der Waals surface area contributed by atoms with Crippen LogP contribution < -0.4 is 13.8 Å². The average molecular weight is 628 g/mol. The van der Waals surface area contributed by atoms with E-state index in [2.05, 4.69) is 5.10 Å². The van der Waals surface area contributed by atoms with Gasteiger partial charge in [-0.05, 0) is 62.6 Å². The number of carbonyl (C=O) groups is 1. The van der Waals surface area contributed by atoms with E-state index in [-0.39, 0.29) is 64.4 Å². The number of rotatable bonds is 10. The third-order valence-corrected chi connectivity index (χ3v) is 8.64. The number of fused-ring (bicyclic) bond motifs is 1. The predicted octanol–water partition coefficient (Wildman–Crippen LogP) is 6.36. The minimum atomic E-state index is -4.64. The number of benzene rings is 2. The van der Waals surface area contributed by atoms with Crippen LogP contribution in [0.1, 0.15) is 50.3 Å². The molecule has 0 spiro atoms. The van der Waals surface area contributed by atoms with Crippen LogP contribution in [0.3, 0.4) is 0 Å². The summed E-state index contributed by atoms with van der Waals surface area (Å²) < 4.78 is 83.3. The Bertz CT molecular complexity index is 1620. The van der Waals surface area contributed by atoms with Crippen molar-refractivity contribution in [3.63, 3.8) is 0 Å². The first kappa shape index (κ1) is 31.2. The van der Waals surface area contributed by atoms with E-state index in [1.165, 1.54) is 48.1 Å². The Morgan fingerprint density at radius 2 is 2.00 bits per heavy atom. The first-order chi connectivity index (χ1) is 19.8. The summed E-state index contributed by atoms with van der Waals surface area (Å²) in [5.74, 6) is -0.972. The fourth-order valence-electron chi connectivity index (χ4n) is 4.64. The summed E-state index contributed by atoms with van der Waals surface area (Å²) in [4.78, 5) is 11.0. The van der Waals surface area contributed by atoms with Crippen molar-refractivity contribution < 1.29 is 41.0 Å². The summed E-state index contributed by atoms with van der Waals surface area (Å²) in [6.07, 6.45) is -2.80. The molecule has 1 aliphatic rings. The molecular weight excluding hydrogens is 599 g/mol. The van der Waals surface area contributed by atoms with Crippen LogP contribution in [-0.4, -0.2) is 48.5 Å². The smallest absolute Gasteiger partial charge is 0.417 e. The Hall–Kier alpha value is -3.71. The van der Waals surface area contributed by atoms with E-state index >= 15 is 0 Å². The normalized spacial score (nSPS) is 15.7. The molecule has 2 aromatic carbocycles. The molecule has 1 aliphatic heterocycles. The van der Waals surface area contributed by atoms with Gasteiger partial charge in [-0.3, -0.25) is 13.8 Å². The minimum Gasteiger partial charge on any atom is -0.486 e. The zero-order chi connectivity index (χ0) is 30.8. The molecule has 0 amide bonds. The number of aryl methyl sites for hydroxylation is 1. The number of nitrogens with zero attached hydrogens (tertiary/aromatic N) is 3. The highest BCUT2D eigenvalue weighted by molar-refractivity contribution is 7.93. The lowest BCUT2D eigenvalue weighted by atomic mass is 9.98. The zero-order valence-electron chi connectivity index (χ0n) is 23.0. The predicted molar refractivity (Wildman–Crippen MR) is 151 cm³/mol. The van der Waals surface area contributed by atoms with E-state index in [0.717, 1.165) is 10.4 Å². The van der Waals surface area contributed by atoms with Crippen molar-refractivity contribution in [1.82, 2.24) is 9.78 Å². The number of aliphatic carboxylic acids is 1. The molecule has 0 bridgehead atoms. The molecule has 226 valence electrons. The molecule has 42 heavy (non-hydrogen) atoms. The van der Waals surface area contributed by atoms with Gasteiger partial charge in [0.1, 0.15) is 11.9 Å². The Balaban J connectivity index is 1.83. The minimum absolute atomic E-state index is 0.0425. The number of sulfonamides is 1. The molecule has 0 unspecified atom stereocenters. The van der Waals surface area contributed by atoms with Crippen LogP contribution in [-0.2, 0) is 27.5 Å². The Morgan fingerprint density at radius 1 is 1.26 bits per heavy atom. The highest BCUT2D eigenvalue weighted by Crippen LogP contribution is 2.42. The lowest BCUT2D eigenvalue weighted by Crippen LogP contribution is -2.43. The summed E-state index contributed by atoms with van der Waals surface area (Å²) in [7, 11) is -4.31. The lowest BCUT2D eigenvalue weighted by Gasteiger charge is -2.35. The summed E-state index contributed by atoms with van der Waals surface area (Å²) in [6.45, 7) is 5.30. The maximum Gasteiger partial charge on any atom is 0.417 e. The molecule has 0 radical (unpaired) electrons. The summed E-state index contributed by atoms with van der Waals surface area (Å²) in [6, 6.07) is 8.08. The monoisotopic (exact) mass is 627 g/mol. The van der Waals surface area contributed by atoms with Gasteiger partial charge in [-0.15, -0.1) is 5.10 Å². The summed E-state index contributed by atoms with van der Waals surface area (Å²) in [5.41, 5.74) is -0.355. The number of ether oxygens (including phenoxy) is 2. The van der Waals surface area contributed by atoms with Gasteiger partial charge in [-0.25, -0.2) is 8.42 Å². The Labute approximate surface area is 246 Å². The number of allylic oxidation sites excluding steroid dienone is 1. The van der Waals surface area contributed by atoms with Crippen molar-refractivity contribution in [2.24, 2.45) is 0 Å². The number of aromatic nitrogens is 2. The van der Waals surface area contributed by atoms with Gasteiger partial charge in [0.15, 0.2) is 4.90 Å². The van der Waals surface area contributed by atoms with Crippen LogP contribution in [0.25, 0.3) is 11.6 Å². The molecule has 1 aromatic heterocycles. The number of anilines is 1. The molecule has 4 rings (SSSR count). The van der Waals surface area contributed by atoms with Crippen molar-refractivity contribution in [3.8, 4) is 11.6 Å². The molecule has 2 heterocycles. The van der Waals surface area contributed by atoms with Crippen LogP contribution >= 0.6 is 11.6 Å². The number of hydrogen-bond acceptors (Lipinski definition) is 6. The van der Waals surface area contributed by atoms with Crippen LogP contribution in [0.4, 0.5) is 18.9 Å². The van der Waals surface area contributed by atoms with E-state index in [1.807, 2.05) is 0 Å². The molecule has 1 N–H and O–H groups in total. The SMILES string of the molecule is CCOc1nn(CC)cc1S(=O)(=O)N1C[C@H](CCC(=O)O)Oc2ccc(/C=C(\C)c3c(Cl)cccc3C(F)(F)F)cc21. The molecule has 0 aliphatic carbocycles. The molecule has 9 nitrogen and oxygen atoms in total. The van der Waals surface area contributed by atoms with Crippen molar-refractivity contribution in [2.45, 2.75) is 57.3 Å². The van der Waals surface area contributed by atoms with E-state index in [1.54, 1.807) is 19.9 Å². The molecule has 0 saturated carbocycles. The van der Waals surface area contributed by atoms with E-state index in [0.29, 0.717) is 12.1 Å². The number of hydrogen-bond donors (Lipinski definition) is 1. The lowest BCUT2D eigenvalue weighted by molar-refractivity contribution is -0.138. The number of carboxylic acid groups (broad SMARTS) is 1. The molecule has 3 aromatic rings. The maximum atomic E-state index is 14.1. The van der Waals surface area contributed by atoms with Crippen molar-refractivity contribution in [1.29, 1.82) is 0 Å². The Morgan fingerprint density at radius 3 is 2.64 bits per heavy atom. The van der Waals surface area contributed by atoms with E-state index in [9.17, 15) is 31.5 Å². The fourth-order valence-corrected chi connectivity index (χ4v) is 6.54. The van der Waals surface area contributed by atoms with Crippen LogP contribution in [0, 0.1) is 0 Å². The third kappa shape index (κ3) is 6.51. The first-order valence-electron chi connectivity index (χ1n) is 13.1. The third-order valence-electron chi connectivity index (χ3n) is 6.56. The van der Waals surface area contributed by atoms with E-state index in [4.69, 9.17) is 21.1 Å². The van der Waals surface area contributed by atoms with Crippen molar-refractivity contribution in [2.75, 3.05) is 17.5 Å². The summed E-state index contributed by atoms with van der Waals surface area (Å²) >= 11 is 6.18. The standard InChI is InChI=1S/C28H29ClF3N3O6S/c1-4-34-16-24(27(33-34)40-5-2)42(38,39)35-15-19(10-12-25(36)37)41-23-11-9-18(14-22(23)35)13-17(3)26-20(28(30,31)32)7-6-8-21(26)29/h6-9,11,13-14,16,19H,4-5,10,12,15H2,1-3H3,(H,36,37)/b17-13+/t19-/m0/s1. The van der Waals surface area contributed by atoms with Crippen LogP contribution in [0.5, 0.6) is 11.6 Å². The van der Waals surface area contributed by atoms with Crippen molar-refractivity contribution in [3.05, 3.63) is 64.3 Å². The molecule has 14 heteroatoms. The van der Waals surface area contributed by atoms with Gasteiger partial charge in [0.25, 0.3) is 15.9 Å². The molecule has 0 saturated heterocycles. The highest BCUT2D eigenvalue weighted by Gasteiger charge is 2.38. The second kappa shape index (κ2) is 12.3. The quantitative estimate of drug-likeness (QED) is 0.261. The second-order valence-electron chi connectivity index (χ2n) is 9.51. The first-order valence-corrected chi connectivity index (χ1v) is 14.9. The fraction of sp³-hybridized carbons (Fsp3) is 0.357. The van der Waals surface area contributed by atoms with Gasteiger partial charge in [0.05, 0.1) is 24.4 Å². The zero-order valence-corrected chi connectivity index (χ0v) is 24.6. The van der Waals surface area contributed by atoms with Gasteiger partial charge in [-0.1, -0.05) is 29.8 Å². The summed E-state index contributed by atoms with van der Waals surface area (Å²) in [5, 5.41) is 13.3. The van der Waals surface area contributed by atoms with Crippen LogP contribution in [0.15, 0.2) is 47.5 Å². The van der Waals surface area contributed by atoms with Gasteiger partial charge in [0, 0.05) is 29.7 Å². The van der Waals surface area contributed by atoms with Crippen molar-refractivity contribution >= 4 is 44.9 Å². The molecular formula is C28H29ClF3N3O6S. The van der Waals surface area contributed by atoms with Gasteiger partial charge in [0.2, 0.25) is 0 Å². The number of carboxylic acids is 1. The molecule has 1 atom stereocenters. The van der Waals surface area contributed by atoms with Gasteiger partial charge in [-0.2, -0.15) is 13.2 Å². The van der Waals surface area contributed by atoms with Gasteiger partial charge < -0.3 is 14.6 Å². The second-order valence-corrected chi connectivity index (χ2v) is 11.7. The van der Waals surface area contributed by atoms with Gasteiger partial charge >= 0.3 is 12.1 Å².